The molecule has 1 aromatic rings. The Bertz CT molecular complexity index is 526. The summed E-state index contributed by atoms with van der Waals surface area (Å²) < 4.78 is 11.7. The predicted molar refractivity (Wildman–Crippen MR) is 72.7 cm³/mol. The Labute approximate surface area is 113 Å². The smallest absolute Gasteiger partial charge is 0.133 e. The summed E-state index contributed by atoms with van der Waals surface area (Å²) in [7, 11) is 0. The molecule has 0 bridgehead atoms. The molecule has 3 heteroatoms. The van der Waals surface area contributed by atoms with Gasteiger partial charge in [0.2, 0.25) is 0 Å². The summed E-state index contributed by atoms with van der Waals surface area (Å²) in [5.41, 5.74) is 2.14. The highest BCUT2D eigenvalue weighted by molar-refractivity contribution is 5.24. The van der Waals surface area contributed by atoms with Gasteiger partial charge in [-0.1, -0.05) is 18.2 Å². The van der Waals surface area contributed by atoms with Gasteiger partial charge in [-0.25, -0.2) is 0 Å². The number of allylic oxidation sites excluding steroid dienone is 1. The number of fused-ring (bicyclic) bond motifs is 1. The van der Waals surface area contributed by atoms with E-state index in [1.165, 1.54) is 0 Å². The highest BCUT2D eigenvalue weighted by Crippen LogP contribution is 2.43. The molecule has 0 unspecified atom stereocenters. The number of hydrogen-bond donors (Lipinski definition) is 1. The number of hydrogen-bond acceptors (Lipinski definition) is 3. The predicted octanol–water partition coefficient (Wildman–Crippen LogP) is 3.30. The molecule has 2 heterocycles. The Hall–Kier alpha value is -1.32. The standard InChI is InChI=1S/C16H20O3/c1-9-4-6-12-10(2)8-14(19-16(12)15(9)17)13-7-5-11(3)18-13/h4-5,7,12,14-17H,2,6,8H2,1,3H3/t12-,14-,15+,16+/m0/s1. The van der Waals surface area contributed by atoms with Crippen molar-refractivity contribution in [1.82, 2.24) is 0 Å². The van der Waals surface area contributed by atoms with Gasteiger partial charge in [-0.15, -0.1) is 0 Å². The molecule has 1 fully saturated rings. The lowest BCUT2D eigenvalue weighted by Crippen LogP contribution is -2.44. The fraction of sp³-hybridized carbons (Fsp3) is 0.500. The van der Waals surface area contributed by atoms with Crippen LogP contribution in [0.15, 0.2) is 40.4 Å². The molecule has 0 amide bonds. The van der Waals surface area contributed by atoms with Gasteiger partial charge < -0.3 is 14.3 Å². The molecule has 3 rings (SSSR count). The molecule has 19 heavy (non-hydrogen) atoms. The van der Waals surface area contributed by atoms with Gasteiger partial charge in [-0.2, -0.15) is 0 Å². The lowest BCUT2D eigenvalue weighted by Gasteiger charge is -2.42. The molecule has 1 aliphatic heterocycles. The number of ether oxygens (including phenoxy) is 1. The van der Waals surface area contributed by atoms with Crippen LogP contribution in [0.1, 0.15) is 37.4 Å². The molecule has 0 saturated carbocycles. The minimum absolute atomic E-state index is 0.122. The molecule has 3 nitrogen and oxygen atoms in total. The fourth-order valence-corrected chi connectivity index (χ4v) is 3.04. The van der Waals surface area contributed by atoms with Gasteiger partial charge in [0.1, 0.15) is 23.7 Å². The van der Waals surface area contributed by atoms with Crippen molar-refractivity contribution in [3.05, 3.63) is 47.5 Å². The lowest BCUT2D eigenvalue weighted by molar-refractivity contribution is -0.117. The second-order valence-electron chi connectivity index (χ2n) is 5.64. The van der Waals surface area contributed by atoms with E-state index in [4.69, 9.17) is 9.15 Å². The second kappa shape index (κ2) is 4.66. The van der Waals surface area contributed by atoms with E-state index in [-0.39, 0.29) is 18.1 Å². The van der Waals surface area contributed by atoms with Crippen LogP contribution in [0.4, 0.5) is 0 Å². The molecule has 1 aromatic heterocycles. The van der Waals surface area contributed by atoms with Crippen molar-refractivity contribution in [3.8, 4) is 0 Å². The van der Waals surface area contributed by atoms with E-state index >= 15 is 0 Å². The van der Waals surface area contributed by atoms with Crippen molar-refractivity contribution in [2.24, 2.45) is 5.92 Å². The highest BCUT2D eigenvalue weighted by atomic mass is 16.5. The van der Waals surface area contributed by atoms with Gasteiger partial charge in [0.25, 0.3) is 0 Å². The van der Waals surface area contributed by atoms with Crippen LogP contribution in [0, 0.1) is 12.8 Å². The minimum atomic E-state index is -0.533. The maximum absolute atomic E-state index is 10.3. The Balaban J connectivity index is 1.86. The van der Waals surface area contributed by atoms with E-state index in [1.807, 2.05) is 26.0 Å². The normalized spacial score (nSPS) is 34.9. The van der Waals surface area contributed by atoms with E-state index in [2.05, 4.69) is 12.7 Å². The molecular formula is C16H20O3. The van der Waals surface area contributed by atoms with Crippen LogP contribution in [0.5, 0.6) is 0 Å². The third kappa shape index (κ3) is 2.17. The summed E-state index contributed by atoms with van der Waals surface area (Å²) in [6.07, 6.45) is 2.93. The Morgan fingerprint density at radius 3 is 2.79 bits per heavy atom. The Kier molecular flexibility index (Phi) is 3.11. The largest absolute Gasteiger partial charge is 0.464 e. The van der Waals surface area contributed by atoms with Crippen LogP contribution >= 0.6 is 0 Å². The molecule has 0 spiro atoms. The zero-order valence-electron chi connectivity index (χ0n) is 11.4. The van der Waals surface area contributed by atoms with Crippen LogP contribution in [0.3, 0.4) is 0 Å². The van der Waals surface area contributed by atoms with Crippen LogP contribution in [0.25, 0.3) is 0 Å². The first-order chi connectivity index (χ1) is 9.06. The van der Waals surface area contributed by atoms with Crippen molar-refractivity contribution < 1.29 is 14.3 Å². The number of aryl methyl sites for hydroxylation is 1. The first kappa shape index (κ1) is 12.7. The molecule has 1 aliphatic carbocycles. The maximum Gasteiger partial charge on any atom is 0.133 e. The van der Waals surface area contributed by atoms with Gasteiger partial charge in [0.05, 0.1) is 6.10 Å². The SMILES string of the molecule is C=C1C[C@@H](c2ccc(C)o2)O[C@H]2[C@H](O)C(C)=CC[C@@H]12. The van der Waals surface area contributed by atoms with E-state index in [9.17, 15) is 5.11 Å². The van der Waals surface area contributed by atoms with Gasteiger partial charge in [0.15, 0.2) is 0 Å². The Morgan fingerprint density at radius 2 is 2.11 bits per heavy atom. The van der Waals surface area contributed by atoms with Crippen molar-refractivity contribution in [3.63, 3.8) is 0 Å². The zero-order valence-corrected chi connectivity index (χ0v) is 11.4. The third-order valence-corrected chi connectivity index (χ3v) is 4.24. The van der Waals surface area contributed by atoms with Crippen LogP contribution in [0.2, 0.25) is 0 Å². The zero-order chi connectivity index (χ0) is 13.6. The molecule has 102 valence electrons. The number of aliphatic hydroxyl groups excluding tert-OH is 1. The van der Waals surface area contributed by atoms with Gasteiger partial charge in [0, 0.05) is 12.3 Å². The second-order valence-corrected chi connectivity index (χ2v) is 5.64. The maximum atomic E-state index is 10.3. The van der Waals surface area contributed by atoms with E-state index in [0.29, 0.717) is 0 Å². The molecule has 0 radical (unpaired) electrons. The van der Waals surface area contributed by atoms with Crippen molar-refractivity contribution in [2.45, 2.75) is 45.0 Å². The van der Waals surface area contributed by atoms with E-state index < -0.39 is 6.10 Å². The molecule has 1 N–H and O–H groups in total. The summed E-state index contributed by atoms with van der Waals surface area (Å²) >= 11 is 0. The first-order valence-electron chi connectivity index (χ1n) is 6.80. The average molecular weight is 260 g/mol. The van der Waals surface area contributed by atoms with Gasteiger partial charge in [-0.05, 0) is 38.0 Å². The first-order valence-corrected chi connectivity index (χ1v) is 6.80. The molecular weight excluding hydrogens is 240 g/mol. The van der Waals surface area contributed by atoms with Crippen molar-refractivity contribution >= 4 is 0 Å². The summed E-state index contributed by atoms with van der Waals surface area (Å²) in [5.74, 6) is 1.94. The number of rotatable bonds is 1. The van der Waals surface area contributed by atoms with Crippen LogP contribution in [-0.2, 0) is 4.74 Å². The highest BCUT2D eigenvalue weighted by Gasteiger charge is 2.41. The third-order valence-electron chi connectivity index (χ3n) is 4.24. The number of aliphatic hydroxyl groups is 1. The van der Waals surface area contributed by atoms with Crippen LogP contribution in [-0.4, -0.2) is 17.3 Å². The summed E-state index contributed by atoms with van der Waals surface area (Å²) in [5, 5.41) is 10.3. The molecule has 4 atom stereocenters. The summed E-state index contributed by atoms with van der Waals surface area (Å²) in [4.78, 5) is 0. The summed E-state index contributed by atoms with van der Waals surface area (Å²) in [6.45, 7) is 8.05. The van der Waals surface area contributed by atoms with E-state index in [1.54, 1.807) is 0 Å². The van der Waals surface area contributed by atoms with Crippen molar-refractivity contribution in [2.75, 3.05) is 0 Å². The van der Waals surface area contributed by atoms with E-state index in [0.717, 1.165) is 35.5 Å². The topological polar surface area (TPSA) is 42.6 Å². The monoisotopic (exact) mass is 260 g/mol. The minimum Gasteiger partial charge on any atom is -0.464 e. The number of furan rings is 1. The fourth-order valence-electron chi connectivity index (χ4n) is 3.04. The lowest BCUT2D eigenvalue weighted by atomic mass is 9.77. The molecule has 0 aromatic carbocycles. The molecule has 2 aliphatic rings. The van der Waals surface area contributed by atoms with Gasteiger partial charge in [-0.3, -0.25) is 0 Å². The summed E-state index contributed by atoms with van der Waals surface area (Å²) in [6, 6.07) is 3.89. The Morgan fingerprint density at radius 1 is 1.32 bits per heavy atom. The average Bonchev–Trinajstić information content (AvgIpc) is 2.81. The molecule has 1 saturated heterocycles. The van der Waals surface area contributed by atoms with Crippen molar-refractivity contribution in [1.29, 1.82) is 0 Å². The quantitative estimate of drug-likeness (QED) is 0.788. The van der Waals surface area contributed by atoms with Gasteiger partial charge >= 0.3 is 0 Å². The van der Waals surface area contributed by atoms with Crippen LogP contribution < -0.4 is 0 Å².